The number of ether oxygens (including phenoxy) is 1. The summed E-state index contributed by atoms with van der Waals surface area (Å²) < 4.78 is 6.59. The molecular weight excluding hydrogens is 242 g/mol. The fraction of sp³-hybridized carbons (Fsp3) is 0.444. The van der Waals surface area contributed by atoms with E-state index in [2.05, 4.69) is 15.0 Å². The summed E-state index contributed by atoms with van der Waals surface area (Å²) in [7, 11) is 0. The van der Waals surface area contributed by atoms with Crippen molar-refractivity contribution in [1.29, 1.82) is 0 Å². The summed E-state index contributed by atoms with van der Waals surface area (Å²) in [5.74, 6) is -0.0481. The van der Waals surface area contributed by atoms with Gasteiger partial charge in [0.05, 0.1) is 26.1 Å². The minimum Gasteiger partial charge on any atom is -0.394 e. The number of H-pyrrole nitrogens is 1. The molecule has 0 radical (unpaired) electrons. The minimum absolute atomic E-state index is 0.0452. The highest BCUT2D eigenvalue weighted by molar-refractivity contribution is 5.70. The largest absolute Gasteiger partial charge is 0.394 e. The molecule has 0 aliphatic heterocycles. The summed E-state index contributed by atoms with van der Waals surface area (Å²) in [5, 5.41) is 17.9. The second-order valence-electron chi connectivity index (χ2n) is 3.51. The van der Waals surface area contributed by atoms with Crippen molar-refractivity contribution >= 4 is 17.1 Å². The molecule has 0 aliphatic rings. The maximum absolute atomic E-state index is 11.5. The van der Waals surface area contributed by atoms with Gasteiger partial charge in [-0.2, -0.15) is 4.98 Å². The molecule has 98 valence electrons. The van der Waals surface area contributed by atoms with E-state index in [0.717, 1.165) is 0 Å². The Morgan fingerprint density at radius 1 is 1.56 bits per heavy atom. The fourth-order valence-electron chi connectivity index (χ4n) is 1.56. The Bertz CT molecular complexity index is 592. The van der Waals surface area contributed by atoms with E-state index in [-0.39, 0.29) is 36.9 Å². The van der Waals surface area contributed by atoms with E-state index in [0.29, 0.717) is 0 Å². The predicted molar refractivity (Wildman–Crippen MR) is 61.7 cm³/mol. The Labute approximate surface area is 101 Å². The number of imidazole rings is 1. The molecule has 0 bridgehead atoms. The second kappa shape index (κ2) is 5.12. The molecule has 0 fully saturated rings. The third-order valence-corrected chi connectivity index (χ3v) is 2.32. The van der Waals surface area contributed by atoms with Crippen LogP contribution in [0.3, 0.4) is 0 Å². The molecule has 18 heavy (non-hydrogen) atoms. The first-order chi connectivity index (χ1) is 8.67. The zero-order valence-electron chi connectivity index (χ0n) is 9.41. The highest BCUT2D eigenvalue weighted by Gasteiger charge is 2.16. The molecule has 2 aromatic rings. The number of fused-ring (bicyclic) bond motifs is 1. The number of nitrogens with zero attached hydrogens (tertiary/aromatic N) is 3. The zero-order valence-corrected chi connectivity index (χ0v) is 9.41. The van der Waals surface area contributed by atoms with Crippen molar-refractivity contribution in [2.45, 2.75) is 6.23 Å². The van der Waals surface area contributed by atoms with Gasteiger partial charge in [0.25, 0.3) is 5.56 Å². The number of nitrogen functional groups attached to an aromatic ring is 1. The Hall–Kier alpha value is -1.97. The molecule has 0 saturated carbocycles. The molecule has 5 N–H and O–H groups in total. The summed E-state index contributed by atoms with van der Waals surface area (Å²) in [6.45, 7) is -0.483. The number of hydrogen-bond acceptors (Lipinski definition) is 7. The molecule has 9 nitrogen and oxygen atoms in total. The number of rotatable bonds is 5. The summed E-state index contributed by atoms with van der Waals surface area (Å²) in [5.41, 5.74) is 5.30. The lowest BCUT2D eigenvalue weighted by Gasteiger charge is -2.16. The first-order valence-corrected chi connectivity index (χ1v) is 5.23. The highest BCUT2D eigenvalue weighted by Crippen LogP contribution is 2.14. The van der Waals surface area contributed by atoms with Crippen LogP contribution in [0.25, 0.3) is 11.2 Å². The minimum atomic E-state index is -0.782. The Morgan fingerprint density at radius 2 is 2.33 bits per heavy atom. The van der Waals surface area contributed by atoms with Gasteiger partial charge in [-0.1, -0.05) is 0 Å². The van der Waals surface area contributed by atoms with Gasteiger partial charge in [0.1, 0.15) is 0 Å². The van der Waals surface area contributed by atoms with Gasteiger partial charge in [0.15, 0.2) is 17.4 Å². The van der Waals surface area contributed by atoms with Crippen LogP contribution in [0.2, 0.25) is 0 Å². The Balaban J connectivity index is 2.47. The second-order valence-corrected chi connectivity index (χ2v) is 3.51. The number of aromatic nitrogens is 4. The van der Waals surface area contributed by atoms with Gasteiger partial charge in [-0.15, -0.1) is 0 Å². The average molecular weight is 255 g/mol. The van der Waals surface area contributed by atoms with Crippen molar-refractivity contribution in [2.75, 3.05) is 25.6 Å². The molecule has 9 heteroatoms. The number of anilines is 1. The molecule has 2 rings (SSSR count). The van der Waals surface area contributed by atoms with Crippen molar-refractivity contribution in [2.24, 2.45) is 0 Å². The maximum atomic E-state index is 11.5. The van der Waals surface area contributed by atoms with Crippen LogP contribution in [0, 0.1) is 0 Å². The van der Waals surface area contributed by atoms with E-state index >= 15 is 0 Å². The molecule has 0 aromatic carbocycles. The molecule has 1 unspecified atom stereocenters. The third-order valence-electron chi connectivity index (χ3n) is 2.32. The molecule has 0 amide bonds. The molecule has 2 aromatic heterocycles. The first-order valence-electron chi connectivity index (χ1n) is 5.23. The molecule has 2 heterocycles. The van der Waals surface area contributed by atoms with E-state index in [1.807, 2.05) is 0 Å². The standard InChI is InChI=1S/C9H13N5O4/c10-9-12-7-6(8(17)13-9)11-4-14(7)5(3-16)18-2-1-15/h4-5,15-16H,1-3H2,(H3,10,12,13,17). The SMILES string of the molecule is Nc1nc2c(ncn2C(CO)OCCO)c(=O)[nH]1. The quantitative estimate of drug-likeness (QED) is 0.494. The highest BCUT2D eigenvalue weighted by atomic mass is 16.5. The van der Waals surface area contributed by atoms with E-state index in [4.69, 9.17) is 15.6 Å². The molecule has 0 saturated heterocycles. The van der Waals surface area contributed by atoms with Crippen molar-refractivity contribution in [3.63, 3.8) is 0 Å². The Kier molecular flexibility index (Phi) is 3.55. The zero-order chi connectivity index (χ0) is 13.1. The van der Waals surface area contributed by atoms with Gasteiger partial charge < -0.3 is 20.7 Å². The van der Waals surface area contributed by atoms with Crippen LogP contribution >= 0.6 is 0 Å². The van der Waals surface area contributed by atoms with Crippen molar-refractivity contribution in [1.82, 2.24) is 19.5 Å². The topological polar surface area (TPSA) is 139 Å². The molecule has 0 aliphatic carbocycles. The smallest absolute Gasteiger partial charge is 0.280 e. The van der Waals surface area contributed by atoms with Crippen LogP contribution in [0.15, 0.2) is 11.1 Å². The van der Waals surface area contributed by atoms with Crippen LogP contribution < -0.4 is 11.3 Å². The monoisotopic (exact) mass is 255 g/mol. The van der Waals surface area contributed by atoms with Crippen molar-refractivity contribution < 1.29 is 14.9 Å². The lowest BCUT2D eigenvalue weighted by Crippen LogP contribution is -2.19. The summed E-state index contributed by atoms with van der Waals surface area (Å²) >= 11 is 0. The Morgan fingerprint density at radius 3 is 3.00 bits per heavy atom. The predicted octanol–water partition coefficient (Wildman–Crippen LogP) is -1.80. The van der Waals surface area contributed by atoms with Crippen molar-refractivity contribution in [3.05, 3.63) is 16.7 Å². The van der Waals surface area contributed by atoms with E-state index in [1.165, 1.54) is 10.9 Å². The first kappa shape index (κ1) is 12.5. The molecule has 0 spiro atoms. The third kappa shape index (κ3) is 2.18. The number of hydrogen-bond donors (Lipinski definition) is 4. The van der Waals surface area contributed by atoms with Crippen LogP contribution in [-0.2, 0) is 4.74 Å². The lowest BCUT2D eigenvalue weighted by molar-refractivity contribution is -0.0444. The maximum Gasteiger partial charge on any atom is 0.280 e. The number of nitrogens with two attached hydrogens (primary N) is 1. The van der Waals surface area contributed by atoms with Crippen LogP contribution in [0.1, 0.15) is 6.23 Å². The van der Waals surface area contributed by atoms with Crippen LogP contribution in [0.5, 0.6) is 0 Å². The van der Waals surface area contributed by atoms with Gasteiger partial charge in [0.2, 0.25) is 5.95 Å². The van der Waals surface area contributed by atoms with Gasteiger partial charge >= 0.3 is 0 Å². The van der Waals surface area contributed by atoms with E-state index in [1.54, 1.807) is 0 Å². The summed E-state index contributed by atoms with van der Waals surface area (Å²) in [6, 6.07) is 0. The summed E-state index contributed by atoms with van der Waals surface area (Å²) in [4.78, 5) is 21.7. The van der Waals surface area contributed by atoms with Crippen LogP contribution in [0.4, 0.5) is 5.95 Å². The average Bonchev–Trinajstić information content (AvgIpc) is 2.74. The number of aliphatic hydroxyl groups excluding tert-OH is 2. The van der Waals surface area contributed by atoms with Gasteiger partial charge in [-0.3, -0.25) is 14.3 Å². The number of aliphatic hydroxyl groups is 2. The van der Waals surface area contributed by atoms with E-state index < -0.39 is 11.8 Å². The van der Waals surface area contributed by atoms with Gasteiger partial charge in [-0.25, -0.2) is 4.98 Å². The van der Waals surface area contributed by atoms with Crippen molar-refractivity contribution in [3.8, 4) is 0 Å². The number of aromatic amines is 1. The van der Waals surface area contributed by atoms with Gasteiger partial charge in [0, 0.05) is 0 Å². The van der Waals surface area contributed by atoms with E-state index in [9.17, 15) is 9.90 Å². The summed E-state index contributed by atoms with van der Waals surface area (Å²) in [6.07, 6.45) is 0.542. The molecule has 1 atom stereocenters. The lowest BCUT2D eigenvalue weighted by atomic mass is 10.5. The fourth-order valence-corrected chi connectivity index (χ4v) is 1.56. The molecular formula is C9H13N5O4. The van der Waals surface area contributed by atoms with Crippen LogP contribution in [-0.4, -0.2) is 49.6 Å². The van der Waals surface area contributed by atoms with Gasteiger partial charge in [-0.05, 0) is 0 Å². The number of nitrogens with one attached hydrogen (secondary N) is 1. The normalized spacial score (nSPS) is 13.0.